The fourth-order valence-corrected chi connectivity index (χ4v) is 2.28. The van der Waals surface area contributed by atoms with Crippen molar-refractivity contribution in [2.24, 2.45) is 7.05 Å². The lowest BCUT2D eigenvalue weighted by molar-refractivity contribution is 0.532. The predicted molar refractivity (Wildman–Crippen MR) is 74.5 cm³/mol. The van der Waals surface area contributed by atoms with E-state index in [0.29, 0.717) is 0 Å². The maximum atomic E-state index is 13.0. The quantitative estimate of drug-likeness (QED) is 0.897. The topological polar surface area (TPSA) is 29.9 Å². The Labute approximate surface area is 113 Å². The molecular weight excluding hydrogens is 241 g/mol. The van der Waals surface area contributed by atoms with Crippen LogP contribution in [0, 0.1) is 12.7 Å². The van der Waals surface area contributed by atoms with E-state index in [1.54, 1.807) is 12.3 Å². The van der Waals surface area contributed by atoms with Gasteiger partial charge < -0.3 is 5.32 Å². The Balaban J connectivity index is 1.88. The zero-order valence-corrected chi connectivity index (χ0v) is 11.7. The first-order chi connectivity index (χ1) is 9.08. The minimum absolute atomic E-state index is 0.169. The van der Waals surface area contributed by atoms with Crippen LogP contribution in [0.4, 0.5) is 4.39 Å². The van der Waals surface area contributed by atoms with E-state index >= 15 is 0 Å². The van der Waals surface area contributed by atoms with E-state index in [1.165, 1.54) is 11.6 Å². The van der Waals surface area contributed by atoms with Gasteiger partial charge in [-0.3, -0.25) is 4.68 Å². The molecule has 1 atom stereocenters. The number of hydrogen-bond acceptors (Lipinski definition) is 2. The Kier molecular flexibility index (Phi) is 4.32. The summed E-state index contributed by atoms with van der Waals surface area (Å²) < 4.78 is 14.9. The fourth-order valence-electron chi connectivity index (χ4n) is 2.28. The third-order valence-electron chi connectivity index (χ3n) is 3.45. The molecule has 1 heterocycles. The number of hydrogen-bond donors (Lipinski definition) is 1. The Morgan fingerprint density at radius 2 is 2.16 bits per heavy atom. The monoisotopic (exact) mass is 261 g/mol. The molecule has 0 aliphatic rings. The molecule has 1 unspecified atom stereocenters. The van der Waals surface area contributed by atoms with Gasteiger partial charge in [0.15, 0.2) is 0 Å². The van der Waals surface area contributed by atoms with E-state index in [0.717, 1.165) is 24.2 Å². The van der Waals surface area contributed by atoms with Crippen molar-refractivity contribution < 1.29 is 4.39 Å². The molecule has 4 heteroatoms. The molecule has 0 amide bonds. The summed E-state index contributed by atoms with van der Waals surface area (Å²) in [4.78, 5) is 0. The van der Waals surface area contributed by atoms with Gasteiger partial charge in [0.05, 0.1) is 5.69 Å². The molecule has 1 aromatic carbocycles. The fraction of sp³-hybridized carbons (Fsp3) is 0.400. The van der Waals surface area contributed by atoms with E-state index in [-0.39, 0.29) is 11.9 Å². The number of nitrogens with zero attached hydrogens (tertiary/aromatic N) is 2. The van der Waals surface area contributed by atoms with Crippen LogP contribution in [0.1, 0.15) is 29.8 Å². The van der Waals surface area contributed by atoms with Gasteiger partial charge in [0, 0.05) is 19.3 Å². The molecule has 19 heavy (non-hydrogen) atoms. The second-order valence-corrected chi connectivity index (χ2v) is 4.88. The van der Waals surface area contributed by atoms with Crippen molar-refractivity contribution in [3.63, 3.8) is 0 Å². The van der Waals surface area contributed by atoms with Crippen molar-refractivity contribution in [3.05, 3.63) is 53.1 Å². The van der Waals surface area contributed by atoms with Crippen molar-refractivity contribution in [2.75, 3.05) is 6.54 Å². The molecule has 0 spiro atoms. The van der Waals surface area contributed by atoms with Crippen LogP contribution in [0.2, 0.25) is 0 Å². The van der Waals surface area contributed by atoms with Gasteiger partial charge in [-0.1, -0.05) is 6.07 Å². The van der Waals surface area contributed by atoms with Gasteiger partial charge >= 0.3 is 0 Å². The summed E-state index contributed by atoms with van der Waals surface area (Å²) in [5, 5.41) is 7.62. The third kappa shape index (κ3) is 3.41. The number of benzene rings is 1. The van der Waals surface area contributed by atoms with E-state index in [1.807, 2.05) is 30.8 Å². The van der Waals surface area contributed by atoms with Gasteiger partial charge in [0.1, 0.15) is 5.82 Å². The molecule has 102 valence electrons. The Hall–Kier alpha value is -1.68. The smallest absolute Gasteiger partial charge is 0.123 e. The van der Waals surface area contributed by atoms with Crippen LogP contribution in [0.5, 0.6) is 0 Å². The molecule has 0 aliphatic carbocycles. The minimum Gasteiger partial charge on any atom is -0.309 e. The molecule has 0 bridgehead atoms. The van der Waals surface area contributed by atoms with Crippen molar-refractivity contribution in [1.29, 1.82) is 0 Å². The van der Waals surface area contributed by atoms with Crippen LogP contribution in [-0.2, 0) is 13.5 Å². The van der Waals surface area contributed by atoms with Crippen LogP contribution in [0.15, 0.2) is 30.5 Å². The second kappa shape index (κ2) is 5.97. The first-order valence-electron chi connectivity index (χ1n) is 6.54. The van der Waals surface area contributed by atoms with Crippen molar-refractivity contribution in [3.8, 4) is 0 Å². The molecule has 0 saturated heterocycles. The largest absolute Gasteiger partial charge is 0.309 e. The summed E-state index contributed by atoms with van der Waals surface area (Å²) in [6.07, 6.45) is 2.70. The predicted octanol–water partition coefficient (Wildman–Crippen LogP) is 2.76. The van der Waals surface area contributed by atoms with Gasteiger partial charge in [-0.15, -0.1) is 0 Å². The van der Waals surface area contributed by atoms with Crippen molar-refractivity contribution in [1.82, 2.24) is 15.1 Å². The summed E-state index contributed by atoms with van der Waals surface area (Å²) in [6.45, 7) is 4.93. The molecule has 0 fully saturated rings. The number of aryl methyl sites for hydroxylation is 2. The average molecular weight is 261 g/mol. The van der Waals surface area contributed by atoms with E-state index in [9.17, 15) is 4.39 Å². The Morgan fingerprint density at radius 1 is 1.37 bits per heavy atom. The minimum atomic E-state index is -0.169. The van der Waals surface area contributed by atoms with Crippen LogP contribution in [-0.4, -0.2) is 16.3 Å². The third-order valence-corrected chi connectivity index (χ3v) is 3.45. The first-order valence-corrected chi connectivity index (χ1v) is 6.54. The molecule has 0 saturated carbocycles. The summed E-state index contributed by atoms with van der Waals surface area (Å²) in [5.74, 6) is -0.169. The second-order valence-electron chi connectivity index (χ2n) is 4.88. The summed E-state index contributed by atoms with van der Waals surface area (Å²) in [6, 6.07) is 7.24. The van der Waals surface area contributed by atoms with Crippen LogP contribution >= 0.6 is 0 Å². The van der Waals surface area contributed by atoms with Gasteiger partial charge in [0.2, 0.25) is 0 Å². The van der Waals surface area contributed by atoms with Crippen LogP contribution in [0.25, 0.3) is 0 Å². The van der Waals surface area contributed by atoms with E-state index in [2.05, 4.69) is 17.3 Å². The number of rotatable bonds is 5. The molecule has 3 nitrogen and oxygen atoms in total. The highest BCUT2D eigenvalue weighted by atomic mass is 19.1. The van der Waals surface area contributed by atoms with E-state index < -0.39 is 0 Å². The lowest BCUT2D eigenvalue weighted by atomic mass is 10.1. The maximum Gasteiger partial charge on any atom is 0.123 e. The molecular formula is C15H20FN3. The first kappa shape index (κ1) is 13.7. The van der Waals surface area contributed by atoms with Crippen LogP contribution in [0.3, 0.4) is 0 Å². The van der Waals surface area contributed by atoms with Crippen LogP contribution < -0.4 is 5.32 Å². The molecule has 1 N–H and O–H groups in total. The maximum absolute atomic E-state index is 13.0. The zero-order valence-electron chi connectivity index (χ0n) is 11.7. The normalized spacial score (nSPS) is 12.6. The molecule has 2 aromatic rings. The lowest BCUT2D eigenvalue weighted by Gasteiger charge is -2.14. The SMILES string of the molecule is Cc1cc(F)ccc1CCNC(C)c1ccnn1C. The standard InChI is InChI=1S/C15H20FN3/c1-11-10-14(16)5-4-13(11)6-8-17-12(2)15-7-9-18-19(15)3/h4-5,7,9-10,12,17H,6,8H2,1-3H3. The van der Waals surface area contributed by atoms with Gasteiger partial charge in [-0.2, -0.15) is 5.10 Å². The van der Waals surface area contributed by atoms with Gasteiger partial charge in [0.25, 0.3) is 0 Å². The summed E-state index contributed by atoms with van der Waals surface area (Å²) >= 11 is 0. The summed E-state index contributed by atoms with van der Waals surface area (Å²) in [5.41, 5.74) is 3.36. The van der Waals surface area contributed by atoms with E-state index in [4.69, 9.17) is 0 Å². The molecule has 2 rings (SSSR count). The molecule has 1 aromatic heterocycles. The lowest BCUT2D eigenvalue weighted by Crippen LogP contribution is -2.23. The highest BCUT2D eigenvalue weighted by Gasteiger charge is 2.08. The average Bonchev–Trinajstić information content (AvgIpc) is 2.78. The van der Waals surface area contributed by atoms with Crippen molar-refractivity contribution >= 4 is 0 Å². The van der Waals surface area contributed by atoms with Gasteiger partial charge in [-0.05, 0) is 56.1 Å². The Bertz CT molecular complexity index is 548. The zero-order chi connectivity index (χ0) is 13.8. The number of aromatic nitrogens is 2. The Morgan fingerprint density at radius 3 is 2.79 bits per heavy atom. The highest BCUT2D eigenvalue weighted by Crippen LogP contribution is 2.12. The van der Waals surface area contributed by atoms with Gasteiger partial charge in [-0.25, -0.2) is 4.39 Å². The number of nitrogens with one attached hydrogen (secondary N) is 1. The number of halogens is 1. The van der Waals surface area contributed by atoms with Crippen molar-refractivity contribution in [2.45, 2.75) is 26.3 Å². The molecule has 0 aliphatic heterocycles. The summed E-state index contributed by atoms with van der Waals surface area (Å²) in [7, 11) is 1.94. The molecule has 0 radical (unpaired) electrons. The highest BCUT2D eigenvalue weighted by molar-refractivity contribution is 5.26.